The van der Waals surface area contributed by atoms with Crippen molar-refractivity contribution in [3.63, 3.8) is 0 Å². The number of halogens is 1. The second kappa shape index (κ2) is 8.60. The lowest BCUT2D eigenvalue weighted by atomic mass is 10.1. The number of aliphatic hydroxyl groups is 2. The van der Waals surface area contributed by atoms with Crippen LogP contribution < -0.4 is 5.14 Å². The van der Waals surface area contributed by atoms with Gasteiger partial charge in [-0.3, -0.25) is 8.75 Å². The summed E-state index contributed by atoms with van der Waals surface area (Å²) in [4.78, 5) is 12.6. The molecule has 0 saturated carbocycles. The van der Waals surface area contributed by atoms with E-state index in [1.807, 2.05) is 24.3 Å². The summed E-state index contributed by atoms with van der Waals surface area (Å²) in [5.41, 5.74) is 1.85. The summed E-state index contributed by atoms with van der Waals surface area (Å²) in [6.45, 7) is -0.556. The molecule has 0 amide bonds. The highest BCUT2D eigenvalue weighted by atomic mass is 79.9. The highest BCUT2D eigenvalue weighted by molar-refractivity contribution is 9.10. The molecule has 2 aromatic heterocycles. The number of aromatic nitrogens is 4. The first kappa shape index (κ1) is 21.8. The first-order valence-corrected chi connectivity index (χ1v) is 11.1. The molecule has 0 aliphatic carbocycles. The molecule has 3 aromatic rings. The van der Waals surface area contributed by atoms with E-state index >= 15 is 0 Å². The van der Waals surface area contributed by atoms with Crippen LogP contribution in [0.1, 0.15) is 17.5 Å². The van der Waals surface area contributed by atoms with Crippen LogP contribution in [0.4, 0.5) is 0 Å². The maximum atomic E-state index is 11.0. The van der Waals surface area contributed by atoms with Crippen molar-refractivity contribution in [1.29, 1.82) is 0 Å². The third-order valence-corrected chi connectivity index (χ3v) is 5.53. The van der Waals surface area contributed by atoms with E-state index in [0.29, 0.717) is 16.9 Å². The van der Waals surface area contributed by atoms with Gasteiger partial charge in [0, 0.05) is 10.0 Å². The number of aliphatic hydroxyl groups excluding tert-OH is 2. The summed E-state index contributed by atoms with van der Waals surface area (Å²) in [5, 5.41) is 25.4. The monoisotopic (exact) mass is 509 g/mol. The minimum absolute atomic E-state index is 0.319. The fourth-order valence-corrected chi connectivity index (χ4v) is 3.64. The first-order valence-electron chi connectivity index (χ1n) is 8.87. The Morgan fingerprint density at radius 2 is 1.90 bits per heavy atom. The summed E-state index contributed by atoms with van der Waals surface area (Å²) < 4.78 is 34.4. The Bertz CT molecular complexity index is 1270. The maximum Gasteiger partial charge on any atom is 0.333 e. The number of benzene rings is 1. The Labute approximate surface area is 185 Å². The van der Waals surface area contributed by atoms with Crippen molar-refractivity contribution in [3.05, 3.63) is 52.7 Å². The molecule has 4 rings (SSSR count). The molecular weight excluding hydrogens is 494 g/mol. The highest BCUT2D eigenvalue weighted by Gasteiger charge is 2.44. The molecular formula is C18H16BrN5O6S. The van der Waals surface area contributed by atoms with E-state index in [-0.39, 0.29) is 0 Å². The van der Waals surface area contributed by atoms with Crippen molar-refractivity contribution in [1.82, 2.24) is 19.5 Å². The molecule has 31 heavy (non-hydrogen) atoms. The first-order chi connectivity index (χ1) is 14.7. The SMILES string of the molecule is NS(=O)(=O)OC[C@H]1O[C@@H](n2cnc3c(C#Cc4ccc(Br)cc4)ncnc32)[C@H](O)[C@@H]1O. The topological polar surface area (TPSA) is 163 Å². The molecule has 4 N–H and O–H groups in total. The van der Waals surface area contributed by atoms with Gasteiger partial charge < -0.3 is 14.9 Å². The van der Waals surface area contributed by atoms with Crippen LogP contribution in [0.3, 0.4) is 0 Å². The van der Waals surface area contributed by atoms with E-state index in [1.54, 1.807) is 0 Å². The van der Waals surface area contributed by atoms with Crippen molar-refractivity contribution in [3.8, 4) is 11.8 Å². The second-order valence-electron chi connectivity index (χ2n) is 6.63. The van der Waals surface area contributed by atoms with Crippen LogP contribution >= 0.6 is 15.9 Å². The molecule has 0 unspecified atom stereocenters. The van der Waals surface area contributed by atoms with Crippen LogP contribution in [0.5, 0.6) is 0 Å². The number of ether oxygens (including phenoxy) is 1. The van der Waals surface area contributed by atoms with Gasteiger partial charge in [0.05, 0.1) is 12.9 Å². The summed E-state index contributed by atoms with van der Waals surface area (Å²) in [6, 6.07) is 7.44. The Balaban J connectivity index is 1.61. The molecule has 11 nitrogen and oxygen atoms in total. The third kappa shape index (κ3) is 4.75. The Kier molecular flexibility index (Phi) is 6.04. The van der Waals surface area contributed by atoms with Gasteiger partial charge >= 0.3 is 10.3 Å². The van der Waals surface area contributed by atoms with Crippen molar-refractivity contribution in [2.24, 2.45) is 5.14 Å². The van der Waals surface area contributed by atoms with Gasteiger partial charge in [-0.25, -0.2) is 20.1 Å². The van der Waals surface area contributed by atoms with Gasteiger partial charge in [-0.2, -0.15) is 8.42 Å². The maximum absolute atomic E-state index is 11.0. The Hall–Kier alpha value is -2.44. The van der Waals surface area contributed by atoms with Crippen LogP contribution in [-0.4, -0.2) is 63.1 Å². The van der Waals surface area contributed by atoms with Crippen LogP contribution in [0.15, 0.2) is 41.4 Å². The highest BCUT2D eigenvalue weighted by Crippen LogP contribution is 2.31. The van der Waals surface area contributed by atoms with Gasteiger partial charge in [0.2, 0.25) is 0 Å². The van der Waals surface area contributed by atoms with E-state index < -0.39 is 41.5 Å². The van der Waals surface area contributed by atoms with Crippen molar-refractivity contribution in [2.75, 3.05) is 6.61 Å². The molecule has 4 atom stereocenters. The fraction of sp³-hybridized carbons (Fsp3) is 0.278. The number of hydrogen-bond acceptors (Lipinski definition) is 9. The predicted molar refractivity (Wildman–Crippen MR) is 110 cm³/mol. The molecule has 3 heterocycles. The largest absolute Gasteiger partial charge is 0.387 e. The van der Waals surface area contributed by atoms with E-state index in [0.717, 1.165) is 10.0 Å². The zero-order valence-corrected chi connectivity index (χ0v) is 18.1. The number of hydrogen-bond donors (Lipinski definition) is 3. The third-order valence-electron chi connectivity index (χ3n) is 4.54. The van der Waals surface area contributed by atoms with E-state index in [2.05, 4.69) is 46.9 Å². The molecule has 1 aliphatic heterocycles. The lowest BCUT2D eigenvalue weighted by Crippen LogP contribution is -2.35. The van der Waals surface area contributed by atoms with Crippen molar-refractivity contribution >= 4 is 37.4 Å². The summed E-state index contributed by atoms with van der Waals surface area (Å²) in [5.74, 6) is 5.94. The average Bonchev–Trinajstić information content (AvgIpc) is 3.27. The van der Waals surface area contributed by atoms with Gasteiger partial charge in [-0.1, -0.05) is 21.9 Å². The minimum atomic E-state index is -4.23. The number of nitrogens with two attached hydrogens (primary N) is 1. The Morgan fingerprint density at radius 3 is 2.61 bits per heavy atom. The molecule has 0 spiro atoms. The van der Waals surface area contributed by atoms with E-state index in [1.165, 1.54) is 17.2 Å². The fourth-order valence-electron chi connectivity index (χ4n) is 3.05. The predicted octanol–water partition coefficient (Wildman–Crippen LogP) is -0.172. The lowest BCUT2D eigenvalue weighted by molar-refractivity contribution is -0.0467. The molecule has 1 aromatic carbocycles. The summed E-state index contributed by atoms with van der Waals surface area (Å²) in [7, 11) is -4.23. The summed E-state index contributed by atoms with van der Waals surface area (Å²) >= 11 is 3.37. The minimum Gasteiger partial charge on any atom is -0.387 e. The van der Waals surface area contributed by atoms with Gasteiger partial charge in [0.25, 0.3) is 0 Å². The smallest absolute Gasteiger partial charge is 0.333 e. The van der Waals surface area contributed by atoms with E-state index in [9.17, 15) is 18.6 Å². The van der Waals surface area contributed by atoms with Crippen LogP contribution in [-0.2, 0) is 19.2 Å². The number of imidazole rings is 1. The molecule has 1 saturated heterocycles. The number of fused-ring (bicyclic) bond motifs is 1. The molecule has 0 radical (unpaired) electrons. The number of rotatable bonds is 4. The Morgan fingerprint density at radius 1 is 1.16 bits per heavy atom. The van der Waals surface area contributed by atoms with Crippen LogP contribution in [0, 0.1) is 11.8 Å². The van der Waals surface area contributed by atoms with E-state index in [4.69, 9.17) is 9.88 Å². The zero-order valence-electron chi connectivity index (χ0n) is 15.7. The van der Waals surface area contributed by atoms with Gasteiger partial charge in [-0.05, 0) is 30.2 Å². The van der Waals surface area contributed by atoms with Gasteiger partial charge in [0.15, 0.2) is 11.9 Å². The molecule has 162 valence electrons. The second-order valence-corrected chi connectivity index (χ2v) is 8.76. The lowest BCUT2D eigenvalue weighted by Gasteiger charge is -2.16. The molecule has 1 fully saturated rings. The van der Waals surface area contributed by atoms with Gasteiger partial charge in [-0.15, -0.1) is 0 Å². The zero-order chi connectivity index (χ0) is 22.2. The van der Waals surface area contributed by atoms with Crippen molar-refractivity contribution < 1.29 is 27.6 Å². The average molecular weight is 510 g/mol. The molecule has 1 aliphatic rings. The van der Waals surface area contributed by atoms with Crippen LogP contribution in [0.2, 0.25) is 0 Å². The summed E-state index contributed by atoms with van der Waals surface area (Å²) in [6.07, 6.45) is -2.36. The molecule has 13 heteroatoms. The van der Waals surface area contributed by atoms with Crippen LogP contribution in [0.25, 0.3) is 11.2 Å². The quantitative estimate of drug-likeness (QED) is 0.405. The van der Waals surface area contributed by atoms with Gasteiger partial charge in [0.1, 0.15) is 35.8 Å². The number of nitrogens with zero attached hydrogens (tertiary/aromatic N) is 4. The van der Waals surface area contributed by atoms with Crippen molar-refractivity contribution in [2.45, 2.75) is 24.5 Å². The molecule has 0 bridgehead atoms. The standard InChI is InChI=1S/C18H16BrN5O6S/c19-11-4-1-10(2-5-11)3-6-12-14-17(22-8-21-12)24(9-23-14)18-16(26)15(25)13(30-18)7-29-31(20,27)28/h1-2,4-5,8-9,13,15-16,18,25-26H,7H2,(H2,20,27,28)/t13-,15-,16-,18-/m1/s1. The normalized spacial score (nSPS) is 23.6.